The van der Waals surface area contributed by atoms with Crippen LogP contribution in [0.4, 0.5) is 5.00 Å². The molecular weight excluding hydrogens is 354 g/mol. The number of hydrogen-bond acceptors (Lipinski definition) is 4. The molecule has 2 rings (SSSR count). The molecule has 0 fully saturated rings. The molecule has 1 aromatic rings. The number of hydrogen-bond donors (Lipinski definition) is 1. The van der Waals surface area contributed by atoms with Crippen molar-refractivity contribution in [3.8, 4) is 0 Å². The second kappa shape index (κ2) is 6.48. The van der Waals surface area contributed by atoms with Crippen LogP contribution in [0.1, 0.15) is 53.9 Å². The number of halogens is 1. The van der Waals surface area contributed by atoms with Gasteiger partial charge >= 0.3 is 5.97 Å². The second-order valence-corrected chi connectivity index (χ2v) is 8.77. The first kappa shape index (κ1) is 16.5. The first-order valence-corrected chi connectivity index (χ1v) is 8.68. The number of esters is 1. The highest BCUT2D eigenvalue weighted by molar-refractivity contribution is 9.10. The standard InChI is InChI=1S/C15H20BrNO3S/c1-15(2,16)14(19)17-12-11(13(18)20-3)9-7-5-4-6-8-10(9)21-12/h4-8H2,1-3H3,(H,17,19). The fourth-order valence-electron chi connectivity index (χ4n) is 2.40. The quantitative estimate of drug-likeness (QED) is 0.496. The van der Waals surface area contributed by atoms with E-state index in [9.17, 15) is 9.59 Å². The van der Waals surface area contributed by atoms with Gasteiger partial charge in [0.05, 0.1) is 17.0 Å². The maximum Gasteiger partial charge on any atom is 0.341 e. The van der Waals surface area contributed by atoms with Crippen molar-refractivity contribution in [2.45, 2.75) is 50.3 Å². The summed E-state index contributed by atoms with van der Waals surface area (Å²) in [7, 11) is 1.38. The minimum atomic E-state index is -0.679. The molecule has 1 amide bonds. The number of nitrogens with one attached hydrogen (secondary N) is 1. The average Bonchev–Trinajstić information content (AvgIpc) is 2.59. The van der Waals surface area contributed by atoms with Gasteiger partial charge in [0.15, 0.2) is 0 Å². The molecule has 1 aliphatic rings. The minimum Gasteiger partial charge on any atom is -0.465 e. The molecule has 6 heteroatoms. The molecule has 1 aliphatic carbocycles. The number of thiophene rings is 1. The lowest BCUT2D eigenvalue weighted by Crippen LogP contribution is -2.31. The van der Waals surface area contributed by atoms with Crippen LogP contribution in [-0.4, -0.2) is 23.3 Å². The predicted molar refractivity (Wildman–Crippen MR) is 88.6 cm³/mol. The molecule has 0 aliphatic heterocycles. The zero-order valence-electron chi connectivity index (χ0n) is 12.5. The molecule has 1 heterocycles. The maximum absolute atomic E-state index is 12.2. The van der Waals surface area contributed by atoms with Gasteiger partial charge in [-0.3, -0.25) is 4.79 Å². The fraction of sp³-hybridized carbons (Fsp3) is 0.600. The molecule has 0 radical (unpaired) electrons. The molecule has 0 saturated heterocycles. The number of carbonyl (C=O) groups excluding carboxylic acids is 2. The highest BCUT2D eigenvalue weighted by Crippen LogP contribution is 2.38. The lowest BCUT2D eigenvalue weighted by atomic mass is 10.1. The lowest BCUT2D eigenvalue weighted by molar-refractivity contribution is -0.117. The Morgan fingerprint density at radius 1 is 1.24 bits per heavy atom. The van der Waals surface area contributed by atoms with Gasteiger partial charge in [-0.05, 0) is 45.1 Å². The number of methoxy groups -OCH3 is 1. The van der Waals surface area contributed by atoms with Crippen LogP contribution in [0.2, 0.25) is 0 Å². The Bertz CT molecular complexity index is 560. The number of fused-ring (bicyclic) bond motifs is 1. The summed E-state index contributed by atoms with van der Waals surface area (Å²) in [6, 6.07) is 0. The number of alkyl halides is 1. The van der Waals surface area contributed by atoms with E-state index in [4.69, 9.17) is 4.74 Å². The van der Waals surface area contributed by atoms with Crippen molar-refractivity contribution in [3.05, 3.63) is 16.0 Å². The molecule has 4 nitrogen and oxygen atoms in total. The maximum atomic E-state index is 12.2. The van der Waals surface area contributed by atoms with Crippen molar-refractivity contribution in [3.63, 3.8) is 0 Å². The van der Waals surface area contributed by atoms with E-state index in [1.165, 1.54) is 29.7 Å². The van der Waals surface area contributed by atoms with E-state index in [0.717, 1.165) is 31.2 Å². The Morgan fingerprint density at radius 2 is 1.90 bits per heavy atom. The summed E-state index contributed by atoms with van der Waals surface area (Å²) in [4.78, 5) is 25.5. The van der Waals surface area contributed by atoms with Gasteiger partial charge in [0.1, 0.15) is 5.00 Å². The molecule has 0 spiro atoms. The van der Waals surface area contributed by atoms with Crippen LogP contribution in [-0.2, 0) is 22.4 Å². The number of amides is 1. The fourth-order valence-corrected chi connectivity index (χ4v) is 3.77. The van der Waals surface area contributed by atoms with Crippen LogP contribution < -0.4 is 5.32 Å². The van der Waals surface area contributed by atoms with Crippen molar-refractivity contribution in [2.24, 2.45) is 0 Å². The van der Waals surface area contributed by atoms with E-state index in [-0.39, 0.29) is 11.9 Å². The normalized spacial score (nSPS) is 15.0. The molecule has 0 aromatic carbocycles. The molecule has 0 bridgehead atoms. The molecule has 0 atom stereocenters. The first-order valence-electron chi connectivity index (χ1n) is 7.07. The monoisotopic (exact) mass is 373 g/mol. The summed E-state index contributed by atoms with van der Waals surface area (Å²) >= 11 is 4.85. The van der Waals surface area contributed by atoms with E-state index in [2.05, 4.69) is 21.2 Å². The Morgan fingerprint density at radius 3 is 2.52 bits per heavy atom. The molecule has 0 saturated carbocycles. The van der Waals surface area contributed by atoms with E-state index in [1.807, 2.05) is 0 Å². The Kier molecular flexibility index (Phi) is 5.09. The van der Waals surface area contributed by atoms with Crippen LogP contribution in [0.5, 0.6) is 0 Å². The Hall–Kier alpha value is -0.880. The number of rotatable bonds is 3. The lowest BCUT2D eigenvalue weighted by Gasteiger charge is -2.15. The summed E-state index contributed by atoms with van der Waals surface area (Å²) in [6.45, 7) is 3.55. The third-order valence-corrected chi connectivity index (χ3v) is 5.15. The Labute approximate surface area is 137 Å². The molecule has 1 aromatic heterocycles. The zero-order chi connectivity index (χ0) is 15.6. The van der Waals surface area contributed by atoms with Crippen molar-refractivity contribution < 1.29 is 14.3 Å². The van der Waals surface area contributed by atoms with Crippen LogP contribution in [0, 0.1) is 0 Å². The highest BCUT2D eigenvalue weighted by Gasteiger charge is 2.29. The third kappa shape index (κ3) is 3.66. The largest absolute Gasteiger partial charge is 0.465 e. The summed E-state index contributed by atoms with van der Waals surface area (Å²) in [5.74, 6) is -0.527. The average molecular weight is 374 g/mol. The van der Waals surface area contributed by atoms with Gasteiger partial charge in [0, 0.05) is 4.88 Å². The van der Waals surface area contributed by atoms with E-state index < -0.39 is 4.32 Å². The minimum absolute atomic E-state index is 0.163. The molecule has 0 unspecified atom stereocenters. The molecule has 1 N–H and O–H groups in total. The summed E-state index contributed by atoms with van der Waals surface area (Å²) < 4.78 is 4.24. The molecule has 116 valence electrons. The van der Waals surface area contributed by atoms with Gasteiger partial charge < -0.3 is 10.1 Å². The number of ether oxygens (including phenoxy) is 1. The van der Waals surface area contributed by atoms with Crippen molar-refractivity contribution in [1.29, 1.82) is 0 Å². The van der Waals surface area contributed by atoms with Gasteiger partial charge in [-0.15, -0.1) is 11.3 Å². The predicted octanol–water partition coefficient (Wildman–Crippen LogP) is 3.92. The topological polar surface area (TPSA) is 55.4 Å². The van der Waals surface area contributed by atoms with Gasteiger partial charge in [-0.2, -0.15) is 0 Å². The van der Waals surface area contributed by atoms with Crippen LogP contribution in [0.25, 0.3) is 0 Å². The van der Waals surface area contributed by atoms with Gasteiger partial charge in [-0.1, -0.05) is 22.4 Å². The smallest absolute Gasteiger partial charge is 0.341 e. The van der Waals surface area contributed by atoms with E-state index in [1.54, 1.807) is 13.8 Å². The summed E-state index contributed by atoms with van der Waals surface area (Å²) in [6.07, 6.45) is 5.23. The van der Waals surface area contributed by atoms with Crippen molar-refractivity contribution in [1.82, 2.24) is 0 Å². The molecular formula is C15H20BrNO3S. The SMILES string of the molecule is COC(=O)c1c(NC(=O)C(C)(C)Br)sc2c1CCCCC2. The highest BCUT2D eigenvalue weighted by atomic mass is 79.9. The van der Waals surface area contributed by atoms with E-state index in [0.29, 0.717) is 10.6 Å². The summed E-state index contributed by atoms with van der Waals surface area (Å²) in [5, 5.41) is 3.49. The van der Waals surface area contributed by atoms with Crippen molar-refractivity contribution >= 4 is 44.1 Å². The number of carbonyl (C=O) groups is 2. The van der Waals surface area contributed by atoms with Gasteiger partial charge in [-0.25, -0.2) is 4.79 Å². The second-order valence-electron chi connectivity index (χ2n) is 5.69. The Balaban J connectivity index is 2.41. The van der Waals surface area contributed by atoms with Crippen LogP contribution in [0.15, 0.2) is 0 Å². The van der Waals surface area contributed by atoms with Crippen LogP contribution in [0.3, 0.4) is 0 Å². The first-order chi connectivity index (χ1) is 9.84. The summed E-state index contributed by atoms with van der Waals surface area (Å²) in [5.41, 5.74) is 1.61. The number of anilines is 1. The van der Waals surface area contributed by atoms with Crippen molar-refractivity contribution in [2.75, 3.05) is 12.4 Å². The zero-order valence-corrected chi connectivity index (χ0v) is 14.9. The molecule has 21 heavy (non-hydrogen) atoms. The third-order valence-electron chi connectivity index (χ3n) is 3.58. The van der Waals surface area contributed by atoms with Gasteiger partial charge in [0.2, 0.25) is 5.91 Å². The van der Waals surface area contributed by atoms with Crippen LogP contribution >= 0.6 is 27.3 Å². The number of aryl methyl sites for hydroxylation is 1. The van der Waals surface area contributed by atoms with Gasteiger partial charge in [0.25, 0.3) is 0 Å². The van der Waals surface area contributed by atoms with E-state index >= 15 is 0 Å².